The van der Waals surface area contributed by atoms with Crippen molar-refractivity contribution < 1.29 is 13.3 Å². The topological polar surface area (TPSA) is 90.2 Å². The van der Waals surface area contributed by atoms with E-state index in [4.69, 9.17) is 10.7 Å². The van der Waals surface area contributed by atoms with E-state index < -0.39 is 19.0 Å². The van der Waals surface area contributed by atoms with E-state index in [9.17, 15) is 18.5 Å². The van der Waals surface area contributed by atoms with E-state index in [1.54, 1.807) is 0 Å². The van der Waals surface area contributed by atoms with Crippen molar-refractivity contribution in [3.05, 3.63) is 27.9 Å². The lowest BCUT2D eigenvalue weighted by atomic mass is 10.3. The second-order valence-corrected chi connectivity index (χ2v) is 5.02. The van der Waals surface area contributed by atoms with Gasteiger partial charge in [0.25, 0.3) is 14.7 Å². The SMILES string of the molecule is Cc1cnc(S(=O)(=O)Cl)cc1[N+](=O)[O-]. The summed E-state index contributed by atoms with van der Waals surface area (Å²) in [6, 6.07) is 0.831. The maximum Gasteiger partial charge on any atom is 0.278 e. The second kappa shape index (κ2) is 3.50. The molecule has 0 unspecified atom stereocenters. The van der Waals surface area contributed by atoms with Gasteiger partial charge in [0.2, 0.25) is 0 Å². The summed E-state index contributed by atoms with van der Waals surface area (Å²) in [5.41, 5.74) is -0.0432. The molecule has 1 aromatic heterocycles. The van der Waals surface area contributed by atoms with E-state index in [2.05, 4.69) is 4.98 Å². The fraction of sp³-hybridized carbons (Fsp3) is 0.167. The number of pyridine rings is 1. The van der Waals surface area contributed by atoms with Gasteiger partial charge in [0.15, 0.2) is 5.03 Å². The molecule has 0 saturated heterocycles. The van der Waals surface area contributed by atoms with Crippen LogP contribution in [0, 0.1) is 17.0 Å². The normalized spacial score (nSPS) is 11.3. The molecule has 1 heterocycles. The van der Waals surface area contributed by atoms with Crippen LogP contribution >= 0.6 is 10.7 Å². The summed E-state index contributed by atoms with van der Waals surface area (Å²) in [5.74, 6) is 0. The number of hydrogen-bond acceptors (Lipinski definition) is 5. The molecule has 8 heteroatoms. The van der Waals surface area contributed by atoms with Gasteiger partial charge < -0.3 is 0 Å². The minimum Gasteiger partial charge on any atom is -0.258 e. The average Bonchev–Trinajstić information content (AvgIpc) is 2.02. The molecule has 0 spiro atoms. The molecule has 0 fully saturated rings. The number of aromatic nitrogens is 1. The number of aryl methyl sites for hydroxylation is 1. The molecule has 1 aromatic rings. The van der Waals surface area contributed by atoms with Crippen molar-refractivity contribution in [3.8, 4) is 0 Å². The van der Waals surface area contributed by atoms with Gasteiger partial charge in [0.1, 0.15) is 0 Å². The van der Waals surface area contributed by atoms with Crippen LogP contribution in [-0.2, 0) is 9.05 Å². The van der Waals surface area contributed by atoms with Crippen LogP contribution in [-0.4, -0.2) is 18.3 Å². The van der Waals surface area contributed by atoms with Gasteiger partial charge in [-0.15, -0.1) is 0 Å². The molecule has 14 heavy (non-hydrogen) atoms. The van der Waals surface area contributed by atoms with Crippen molar-refractivity contribution in [2.45, 2.75) is 11.9 Å². The molecular weight excluding hydrogens is 232 g/mol. The average molecular weight is 237 g/mol. The van der Waals surface area contributed by atoms with E-state index in [0.717, 1.165) is 12.3 Å². The third-order valence-corrected chi connectivity index (χ3v) is 2.69. The van der Waals surface area contributed by atoms with Crippen LogP contribution in [0.15, 0.2) is 17.3 Å². The Morgan fingerprint density at radius 3 is 2.57 bits per heavy atom. The molecule has 6 nitrogen and oxygen atoms in total. The minimum absolute atomic E-state index is 0.277. The van der Waals surface area contributed by atoms with Gasteiger partial charge in [-0.1, -0.05) is 0 Å². The first kappa shape index (κ1) is 10.9. The van der Waals surface area contributed by atoms with Crippen LogP contribution in [0.25, 0.3) is 0 Å². The molecule has 0 aliphatic rings. The predicted molar refractivity (Wildman–Crippen MR) is 48.7 cm³/mol. The molecule has 0 aromatic carbocycles. The first-order valence-electron chi connectivity index (χ1n) is 3.38. The quantitative estimate of drug-likeness (QED) is 0.438. The summed E-state index contributed by atoms with van der Waals surface area (Å²) in [5, 5.41) is 9.92. The first-order chi connectivity index (χ1) is 6.32. The van der Waals surface area contributed by atoms with Crippen molar-refractivity contribution in [3.63, 3.8) is 0 Å². The Bertz CT molecular complexity index is 485. The summed E-state index contributed by atoms with van der Waals surface area (Å²) in [4.78, 5) is 13.2. The number of rotatable bonds is 2. The summed E-state index contributed by atoms with van der Waals surface area (Å²) in [7, 11) is 0.956. The van der Waals surface area contributed by atoms with Crippen molar-refractivity contribution in [1.29, 1.82) is 0 Å². The molecule has 0 aliphatic heterocycles. The van der Waals surface area contributed by atoms with Crippen LogP contribution in [0.3, 0.4) is 0 Å². The maximum atomic E-state index is 10.8. The molecule has 1 rings (SSSR count). The highest BCUT2D eigenvalue weighted by atomic mass is 35.7. The van der Waals surface area contributed by atoms with E-state index in [1.165, 1.54) is 6.92 Å². The minimum atomic E-state index is -4.02. The van der Waals surface area contributed by atoms with Crippen LogP contribution in [0.2, 0.25) is 0 Å². The van der Waals surface area contributed by atoms with Gasteiger partial charge in [0, 0.05) is 22.4 Å². The van der Waals surface area contributed by atoms with Crippen LogP contribution < -0.4 is 0 Å². The lowest BCUT2D eigenvalue weighted by Crippen LogP contribution is -1.99. The predicted octanol–water partition coefficient (Wildman–Crippen LogP) is 1.23. The van der Waals surface area contributed by atoms with Gasteiger partial charge >= 0.3 is 0 Å². The van der Waals surface area contributed by atoms with E-state index >= 15 is 0 Å². The Labute approximate surface area is 84.1 Å². The number of hydrogen-bond donors (Lipinski definition) is 0. The Balaban J connectivity index is 3.42. The van der Waals surface area contributed by atoms with Gasteiger partial charge in [-0.25, -0.2) is 13.4 Å². The maximum absolute atomic E-state index is 10.8. The standard InChI is InChI=1S/C6H5ClN2O4S/c1-4-3-8-6(14(7,12)13)2-5(4)9(10)11/h2-3H,1H3. The molecule has 0 atom stereocenters. The molecule has 0 saturated carbocycles. The Morgan fingerprint density at radius 2 is 2.14 bits per heavy atom. The first-order valence-corrected chi connectivity index (χ1v) is 5.69. The Morgan fingerprint density at radius 1 is 1.57 bits per heavy atom. The van der Waals surface area contributed by atoms with E-state index in [0.29, 0.717) is 0 Å². The highest BCUT2D eigenvalue weighted by Crippen LogP contribution is 2.21. The molecular formula is C6H5ClN2O4S. The highest BCUT2D eigenvalue weighted by molar-refractivity contribution is 8.13. The third kappa shape index (κ3) is 2.18. The molecule has 0 bridgehead atoms. The molecule has 0 aliphatic carbocycles. The van der Waals surface area contributed by atoms with Gasteiger partial charge in [-0.3, -0.25) is 10.1 Å². The van der Waals surface area contributed by atoms with Crippen molar-refractivity contribution in [2.75, 3.05) is 0 Å². The zero-order valence-corrected chi connectivity index (χ0v) is 8.54. The Kier molecular flexibility index (Phi) is 2.72. The van der Waals surface area contributed by atoms with Crippen molar-refractivity contribution >= 4 is 25.4 Å². The monoisotopic (exact) mass is 236 g/mol. The number of nitrogens with zero attached hydrogens (tertiary/aromatic N) is 2. The third-order valence-electron chi connectivity index (χ3n) is 1.50. The zero-order chi connectivity index (χ0) is 10.9. The highest BCUT2D eigenvalue weighted by Gasteiger charge is 2.18. The van der Waals surface area contributed by atoms with Crippen LogP contribution in [0.5, 0.6) is 0 Å². The smallest absolute Gasteiger partial charge is 0.258 e. The van der Waals surface area contributed by atoms with Crippen LogP contribution in [0.1, 0.15) is 5.56 Å². The van der Waals surface area contributed by atoms with Crippen LogP contribution in [0.4, 0.5) is 5.69 Å². The van der Waals surface area contributed by atoms with Crippen molar-refractivity contribution in [2.24, 2.45) is 0 Å². The molecule has 0 radical (unpaired) electrons. The lowest BCUT2D eigenvalue weighted by molar-refractivity contribution is -0.385. The van der Waals surface area contributed by atoms with Gasteiger partial charge in [0.05, 0.1) is 11.0 Å². The van der Waals surface area contributed by atoms with Crippen molar-refractivity contribution in [1.82, 2.24) is 4.98 Å². The molecule has 0 amide bonds. The van der Waals surface area contributed by atoms with Gasteiger partial charge in [-0.2, -0.15) is 0 Å². The summed E-state index contributed by atoms with van der Waals surface area (Å²) in [6.45, 7) is 1.45. The Hall–Kier alpha value is -1.21. The fourth-order valence-corrected chi connectivity index (χ4v) is 1.51. The summed E-state index contributed by atoms with van der Waals surface area (Å²) < 4.78 is 21.6. The lowest BCUT2D eigenvalue weighted by Gasteiger charge is -1.98. The summed E-state index contributed by atoms with van der Waals surface area (Å²) >= 11 is 0. The molecule has 0 N–H and O–H groups in total. The van der Waals surface area contributed by atoms with E-state index in [1.807, 2.05) is 0 Å². The molecule has 76 valence electrons. The zero-order valence-electron chi connectivity index (χ0n) is 6.97. The number of nitro groups is 1. The van der Waals surface area contributed by atoms with E-state index in [-0.39, 0.29) is 11.3 Å². The summed E-state index contributed by atoms with van der Waals surface area (Å²) in [6.07, 6.45) is 1.09. The van der Waals surface area contributed by atoms with Gasteiger partial charge in [-0.05, 0) is 6.92 Å². The second-order valence-electron chi connectivity index (χ2n) is 2.50. The number of halogens is 1. The largest absolute Gasteiger partial charge is 0.278 e. The fourth-order valence-electron chi connectivity index (χ4n) is 0.825.